The molecule has 2 heteroatoms. The third-order valence-electron chi connectivity index (χ3n) is 3.17. The highest BCUT2D eigenvalue weighted by Gasteiger charge is 2.51. The average Bonchev–Trinajstić information content (AvgIpc) is 2.64. The Labute approximate surface area is 67.8 Å². The second kappa shape index (κ2) is 2.14. The van der Waals surface area contributed by atoms with Crippen molar-refractivity contribution >= 4 is 0 Å². The van der Waals surface area contributed by atoms with Crippen molar-refractivity contribution in [3.63, 3.8) is 0 Å². The van der Waals surface area contributed by atoms with E-state index in [1.807, 2.05) is 4.90 Å². The number of hydrogen-bond acceptors (Lipinski definition) is 2. The lowest BCUT2D eigenvalue weighted by atomic mass is 10.0. The highest BCUT2D eigenvalue weighted by atomic mass is 15.2. The Kier molecular flexibility index (Phi) is 1.35. The molecule has 0 aromatic rings. The smallest absolute Gasteiger partial charge is 0.179 e. The monoisotopic (exact) mass is 150 g/mol. The van der Waals surface area contributed by atoms with Crippen LogP contribution in [0.2, 0.25) is 0 Å². The SMILES string of the molecule is CC[C@@H]1CC2(CC2)CN1C#N. The van der Waals surface area contributed by atoms with E-state index in [0.717, 1.165) is 13.0 Å². The largest absolute Gasteiger partial charge is 0.307 e. The standard InChI is InChI=1S/C9H14N2/c1-2-8-5-9(3-4-9)6-11(8)7-10/h8H,2-6H2,1H3/t8-/m1/s1. The van der Waals surface area contributed by atoms with Gasteiger partial charge in [-0.2, -0.15) is 5.26 Å². The number of rotatable bonds is 1. The van der Waals surface area contributed by atoms with E-state index >= 15 is 0 Å². The molecule has 11 heavy (non-hydrogen) atoms. The average molecular weight is 150 g/mol. The predicted molar refractivity (Wildman–Crippen MR) is 42.7 cm³/mol. The molecule has 0 aromatic carbocycles. The van der Waals surface area contributed by atoms with E-state index in [9.17, 15) is 0 Å². The first-order valence-electron chi connectivity index (χ1n) is 4.46. The van der Waals surface area contributed by atoms with Gasteiger partial charge in [0.1, 0.15) is 0 Å². The summed E-state index contributed by atoms with van der Waals surface area (Å²) in [4.78, 5) is 1.98. The Morgan fingerprint density at radius 2 is 2.36 bits per heavy atom. The Hall–Kier alpha value is -0.710. The summed E-state index contributed by atoms with van der Waals surface area (Å²) in [5.74, 6) is 0. The maximum absolute atomic E-state index is 8.80. The number of hydrogen-bond donors (Lipinski definition) is 0. The molecule has 2 rings (SSSR count). The Bertz CT molecular complexity index is 200. The third kappa shape index (κ3) is 0.994. The molecule has 60 valence electrons. The lowest BCUT2D eigenvalue weighted by Crippen LogP contribution is -2.23. The molecule has 1 atom stereocenters. The van der Waals surface area contributed by atoms with Crippen molar-refractivity contribution in [1.29, 1.82) is 5.26 Å². The van der Waals surface area contributed by atoms with Gasteiger partial charge in [0, 0.05) is 12.6 Å². The van der Waals surface area contributed by atoms with Gasteiger partial charge in [-0.25, -0.2) is 0 Å². The molecule has 0 aromatic heterocycles. The minimum absolute atomic E-state index is 0.558. The van der Waals surface area contributed by atoms with Crippen LogP contribution in [0.3, 0.4) is 0 Å². The van der Waals surface area contributed by atoms with Crippen molar-refractivity contribution in [1.82, 2.24) is 4.90 Å². The van der Waals surface area contributed by atoms with Gasteiger partial charge in [-0.05, 0) is 31.1 Å². The molecule has 1 aliphatic carbocycles. The Morgan fingerprint density at radius 1 is 1.64 bits per heavy atom. The summed E-state index contributed by atoms with van der Waals surface area (Å²) in [6.45, 7) is 3.22. The van der Waals surface area contributed by atoms with Crippen LogP contribution >= 0.6 is 0 Å². The molecule has 1 spiro atoms. The molecule has 1 saturated heterocycles. The van der Waals surface area contributed by atoms with E-state index in [-0.39, 0.29) is 0 Å². The zero-order valence-corrected chi connectivity index (χ0v) is 7.01. The van der Waals surface area contributed by atoms with Crippen molar-refractivity contribution in [3.8, 4) is 6.19 Å². The molecule has 0 N–H and O–H groups in total. The molecule has 2 fully saturated rings. The first-order valence-corrected chi connectivity index (χ1v) is 4.46. The molecular formula is C9H14N2. The van der Waals surface area contributed by atoms with Crippen LogP contribution < -0.4 is 0 Å². The summed E-state index contributed by atoms with van der Waals surface area (Å²) in [6.07, 6.45) is 7.43. The second-order valence-corrected chi connectivity index (χ2v) is 3.99. The minimum atomic E-state index is 0.558. The van der Waals surface area contributed by atoms with Crippen LogP contribution in [0.25, 0.3) is 0 Å². The molecule has 0 unspecified atom stereocenters. The molecular weight excluding hydrogens is 136 g/mol. The second-order valence-electron chi connectivity index (χ2n) is 3.99. The van der Waals surface area contributed by atoms with E-state index in [0.29, 0.717) is 11.5 Å². The molecule has 2 nitrogen and oxygen atoms in total. The van der Waals surface area contributed by atoms with Crippen LogP contribution in [0.5, 0.6) is 0 Å². The van der Waals surface area contributed by atoms with Gasteiger partial charge in [-0.3, -0.25) is 0 Å². The Balaban J connectivity index is 2.06. The summed E-state index contributed by atoms with van der Waals surface area (Å²) in [6, 6.07) is 0.558. The summed E-state index contributed by atoms with van der Waals surface area (Å²) in [5, 5.41) is 8.80. The van der Waals surface area contributed by atoms with Crippen molar-refractivity contribution in [2.75, 3.05) is 6.54 Å². The van der Waals surface area contributed by atoms with Crippen LogP contribution in [0, 0.1) is 16.9 Å². The zero-order valence-electron chi connectivity index (χ0n) is 7.01. The molecule has 0 amide bonds. The van der Waals surface area contributed by atoms with E-state index in [4.69, 9.17) is 5.26 Å². The number of nitriles is 1. The van der Waals surface area contributed by atoms with Crippen LogP contribution in [-0.2, 0) is 0 Å². The van der Waals surface area contributed by atoms with Crippen molar-refractivity contribution in [2.45, 2.75) is 38.6 Å². The summed E-state index contributed by atoms with van der Waals surface area (Å²) >= 11 is 0. The maximum Gasteiger partial charge on any atom is 0.179 e. The molecule has 1 saturated carbocycles. The normalized spacial score (nSPS) is 32.4. The van der Waals surface area contributed by atoms with Crippen molar-refractivity contribution < 1.29 is 0 Å². The van der Waals surface area contributed by atoms with Gasteiger partial charge in [-0.15, -0.1) is 0 Å². The van der Waals surface area contributed by atoms with Gasteiger partial charge in [0.2, 0.25) is 0 Å². The number of nitrogens with zero attached hydrogens (tertiary/aromatic N) is 2. The molecule has 1 aliphatic heterocycles. The van der Waals surface area contributed by atoms with Crippen LogP contribution in [0.15, 0.2) is 0 Å². The van der Waals surface area contributed by atoms with Gasteiger partial charge in [-0.1, -0.05) is 6.92 Å². The third-order valence-corrected chi connectivity index (χ3v) is 3.17. The maximum atomic E-state index is 8.80. The van der Waals surface area contributed by atoms with Gasteiger partial charge >= 0.3 is 0 Å². The summed E-state index contributed by atoms with van der Waals surface area (Å²) in [5.41, 5.74) is 0.594. The van der Waals surface area contributed by atoms with Crippen molar-refractivity contribution in [2.24, 2.45) is 5.41 Å². The first kappa shape index (κ1) is 6.97. The highest BCUT2D eigenvalue weighted by molar-refractivity contribution is 5.07. The molecule has 1 heterocycles. The highest BCUT2D eigenvalue weighted by Crippen LogP contribution is 2.54. The minimum Gasteiger partial charge on any atom is -0.307 e. The van der Waals surface area contributed by atoms with E-state index in [1.54, 1.807) is 0 Å². The van der Waals surface area contributed by atoms with Crippen LogP contribution in [0.1, 0.15) is 32.6 Å². The predicted octanol–water partition coefficient (Wildman–Crippen LogP) is 1.73. The van der Waals surface area contributed by atoms with Crippen LogP contribution in [0.4, 0.5) is 0 Å². The first-order chi connectivity index (χ1) is 5.29. The topological polar surface area (TPSA) is 27.0 Å². The fraction of sp³-hybridized carbons (Fsp3) is 0.889. The van der Waals surface area contributed by atoms with Gasteiger partial charge < -0.3 is 4.90 Å². The molecule has 2 aliphatic rings. The van der Waals surface area contributed by atoms with E-state index in [2.05, 4.69) is 13.1 Å². The number of likely N-dealkylation sites (tertiary alicyclic amines) is 1. The Morgan fingerprint density at radius 3 is 2.73 bits per heavy atom. The van der Waals surface area contributed by atoms with Crippen molar-refractivity contribution in [3.05, 3.63) is 0 Å². The summed E-state index contributed by atoms with van der Waals surface area (Å²) in [7, 11) is 0. The van der Waals surface area contributed by atoms with Crippen LogP contribution in [-0.4, -0.2) is 17.5 Å². The van der Waals surface area contributed by atoms with Gasteiger partial charge in [0.15, 0.2) is 6.19 Å². The van der Waals surface area contributed by atoms with E-state index in [1.165, 1.54) is 19.3 Å². The lowest BCUT2D eigenvalue weighted by molar-refractivity contribution is 0.353. The fourth-order valence-corrected chi connectivity index (χ4v) is 2.19. The van der Waals surface area contributed by atoms with Gasteiger partial charge in [0.25, 0.3) is 0 Å². The zero-order chi connectivity index (χ0) is 7.90. The lowest BCUT2D eigenvalue weighted by Gasteiger charge is -2.14. The fourth-order valence-electron chi connectivity index (χ4n) is 2.19. The molecule has 0 radical (unpaired) electrons. The van der Waals surface area contributed by atoms with E-state index < -0.39 is 0 Å². The van der Waals surface area contributed by atoms with Gasteiger partial charge in [0.05, 0.1) is 0 Å². The summed E-state index contributed by atoms with van der Waals surface area (Å²) < 4.78 is 0. The quantitative estimate of drug-likeness (QED) is 0.532. The molecule has 0 bridgehead atoms.